The van der Waals surface area contributed by atoms with Gasteiger partial charge in [-0.15, -0.1) is 0 Å². The van der Waals surface area contributed by atoms with Gasteiger partial charge >= 0.3 is 0 Å². The molecule has 0 aliphatic heterocycles. The fraction of sp³-hybridized carbons (Fsp3) is 0.385. The van der Waals surface area contributed by atoms with Crippen LogP contribution in [-0.4, -0.2) is 35.8 Å². The third-order valence-electron chi connectivity index (χ3n) is 2.95. The molecule has 0 fully saturated rings. The van der Waals surface area contributed by atoms with Gasteiger partial charge in [0.05, 0.1) is 5.75 Å². The zero-order chi connectivity index (χ0) is 13.9. The van der Waals surface area contributed by atoms with Crippen LogP contribution in [0.25, 0.3) is 11.0 Å². The lowest BCUT2D eigenvalue weighted by molar-refractivity contribution is 0.112. The molecule has 0 radical (unpaired) electrons. The molecule has 0 N–H and O–H groups in total. The molecule has 0 aromatic carbocycles. The SMILES string of the molecule is CCCS(=O)(=O)CCn1cc(C=O)c2cccnc21. The van der Waals surface area contributed by atoms with Crippen molar-refractivity contribution in [2.75, 3.05) is 11.5 Å². The molecular weight excluding hydrogens is 264 g/mol. The van der Waals surface area contributed by atoms with Crippen molar-refractivity contribution in [3.8, 4) is 0 Å². The van der Waals surface area contributed by atoms with Crippen LogP contribution in [-0.2, 0) is 16.4 Å². The minimum absolute atomic E-state index is 0.0689. The molecular formula is C13H16N2O3S. The summed E-state index contributed by atoms with van der Waals surface area (Å²) in [4.78, 5) is 15.2. The predicted octanol–water partition coefficient (Wildman–Crippen LogP) is 1.67. The van der Waals surface area contributed by atoms with Crippen LogP contribution in [0.15, 0.2) is 24.5 Å². The number of hydrogen-bond acceptors (Lipinski definition) is 4. The number of nitrogens with zero attached hydrogens (tertiary/aromatic N) is 2. The average Bonchev–Trinajstić information content (AvgIpc) is 2.75. The molecule has 0 aliphatic carbocycles. The Balaban J connectivity index is 2.29. The van der Waals surface area contributed by atoms with Gasteiger partial charge in [-0.05, 0) is 18.6 Å². The Labute approximate surface area is 112 Å². The third kappa shape index (κ3) is 3.01. The van der Waals surface area contributed by atoms with Gasteiger partial charge in [0.1, 0.15) is 5.65 Å². The number of aldehydes is 1. The van der Waals surface area contributed by atoms with Crippen molar-refractivity contribution >= 4 is 27.2 Å². The molecule has 0 amide bonds. The molecule has 2 heterocycles. The summed E-state index contributed by atoms with van der Waals surface area (Å²) in [6, 6.07) is 3.57. The Bertz CT molecular complexity index is 689. The first kappa shape index (κ1) is 13.7. The van der Waals surface area contributed by atoms with E-state index in [1.54, 1.807) is 23.0 Å². The topological polar surface area (TPSA) is 69.0 Å². The highest BCUT2D eigenvalue weighted by atomic mass is 32.2. The number of carbonyl (C=O) groups excluding carboxylic acids is 1. The van der Waals surface area contributed by atoms with Crippen LogP contribution < -0.4 is 0 Å². The largest absolute Gasteiger partial charge is 0.331 e. The van der Waals surface area contributed by atoms with Gasteiger partial charge in [-0.25, -0.2) is 13.4 Å². The van der Waals surface area contributed by atoms with E-state index in [9.17, 15) is 13.2 Å². The highest BCUT2D eigenvalue weighted by molar-refractivity contribution is 7.91. The number of pyridine rings is 1. The summed E-state index contributed by atoms with van der Waals surface area (Å²) >= 11 is 0. The van der Waals surface area contributed by atoms with Crippen molar-refractivity contribution in [3.05, 3.63) is 30.1 Å². The Kier molecular flexibility index (Phi) is 3.99. The lowest BCUT2D eigenvalue weighted by Crippen LogP contribution is -2.15. The molecule has 5 nitrogen and oxygen atoms in total. The van der Waals surface area contributed by atoms with Crippen molar-refractivity contribution in [3.63, 3.8) is 0 Å². The first-order chi connectivity index (χ1) is 9.07. The van der Waals surface area contributed by atoms with Crippen molar-refractivity contribution in [2.45, 2.75) is 19.9 Å². The number of fused-ring (bicyclic) bond motifs is 1. The molecule has 0 saturated carbocycles. The minimum atomic E-state index is -3.03. The van der Waals surface area contributed by atoms with Crippen LogP contribution in [0.3, 0.4) is 0 Å². The highest BCUT2D eigenvalue weighted by Gasteiger charge is 2.13. The van der Waals surface area contributed by atoms with Gasteiger partial charge in [-0.3, -0.25) is 4.79 Å². The molecule has 2 rings (SSSR count). The molecule has 0 bridgehead atoms. The molecule has 0 aliphatic rings. The van der Waals surface area contributed by atoms with Gasteiger partial charge in [-0.2, -0.15) is 0 Å². The number of aromatic nitrogens is 2. The van der Waals surface area contributed by atoms with Gasteiger partial charge in [0.15, 0.2) is 16.1 Å². The molecule has 0 unspecified atom stereocenters. The zero-order valence-electron chi connectivity index (χ0n) is 10.7. The summed E-state index contributed by atoms with van der Waals surface area (Å²) in [5.74, 6) is 0.264. The predicted molar refractivity (Wildman–Crippen MR) is 74.1 cm³/mol. The Hall–Kier alpha value is -1.69. The van der Waals surface area contributed by atoms with E-state index < -0.39 is 9.84 Å². The van der Waals surface area contributed by atoms with Crippen LogP contribution in [0.4, 0.5) is 0 Å². The first-order valence-corrected chi connectivity index (χ1v) is 7.99. The maximum Gasteiger partial charge on any atom is 0.152 e. The van der Waals surface area contributed by atoms with Crippen LogP contribution in [0.2, 0.25) is 0 Å². The third-order valence-corrected chi connectivity index (χ3v) is 4.78. The number of hydrogen-bond donors (Lipinski definition) is 0. The molecule has 102 valence electrons. The van der Waals surface area contributed by atoms with E-state index in [2.05, 4.69) is 4.98 Å². The molecule has 2 aromatic heterocycles. The molecule has 2 aromatic rings. The minimum Gasteiger partial charge on any atom is -0.331 e. The first-order valence-electron chi connectivity index (χ1n) is 6.17. The van der Waals surface area contributed by atoms with Crippen LogP contribution in [0.1, 0.15) is 23.7 Å². The van der Waals surface area contributed by atoms with Gasteiger partial charge < -0.3 is 4.57 Å². The molecule has 0 saturated heterocycles. The van der Waals surface area contributed by atoms with E-state index in [0.29, 0.717) is 24.2 Å². The summed E-state index contributed by atoms with van der Waals surface area (Å²) in [5, 5.41) is 0.755. The van der Waals surface area contributed by atoms with E-state index >= 15 is 0 Å². The highest BCUT2D eigenvalue weighted by Crippen LogP contribution is 2.17. The number of sulfone groups is 1. The molecule has 19 heavy (non-hydrogen) atoms. The van der Waals surface area contributed by atoms with Crippen molar-refractivity contribution in [1.29, 1.82) is 0 Å². The Morgan fingerprint density at radius 2 is 2.16 bits per heavy atom. The smallest absolute Gasteiger partial charge is 0.152 e. The zero-order valence-corrected chi connectivity index (χ0v) is 11.6. The summed E-state index contributed by atoms with van der Waals surface area (Å²) < 4.78 is 25.2. The van der Waals surface area contributed by atoms with Gasteiger partial charge in [0, 0.05) is 35.6 Å². The average molecular weight is 280 g/mol. The maximum absolute atomic E-state index is 11.7. The quantitative estimate of drug-likeness (QED) is 0.755. The van der Waals surface area contributed by atoms with Crippen molar-refractivity contribution in [2.24, 2.45) is 0 Å². The van der Waals surface area contributed by atoms with Crippen molar-refractivity contribution < 1.29 is 13.2 Å². The van der Waals surface area contributed by atoms with Crippen molar-refractivity contribution in [1.82, 2.24) is 9.55 Å². The Morgan fingerprint density at radius 1 is 1.37 bits per heavy atom. The van der Waals surface area contributed by atoms with Crippen LogP contribution in [0, 0.1) is 0 Å². The van der Waals surface area contributed by atoms with Crippen LogP contribution in [0.5, 0.6) is 0 Å². The maximum atomic E-state index is 11.7. The number of rotatable bonds is 6. The summed E-state index contributed by atoms with van der Waals surface area (Å²) in [5.41, 5.74) is 1.19. The van der Waals surface area contributed by atoms with Gasteiger partial charge in [0.25, 0.3) is 0 Å². The second kappa shape index (κ2) is 5.52. The molecule has 0 spiro atoms. The monoisotopic (exact) mass is 280 g/mol. The summed E-state index contributed by atoms with van der Waals surface area (Å²) in [7, 11) is -3.03. The standard InChI is InChI=1S/C13H16N2O3S/c1-2-7-19(17,18)8-6-15-9-11(10-16)12-4-3-5-14-13(12)15/h3-5,9-10H,2,6-8H2,1H3. The fourth-order valence-corrected chi connectivity index (χ4v) is 3.37. The van der Waals surface area contributed by atoms with E-state index in [-0.39, 0.29) is 11.5 Å². The normalized spacial score (nSPS) is 11.8. The molecule has 0 atom stereocenters. The van der Waals surface area contributed by atoms with E-state index in [0.717, 1.165) is 11.7 Å². The molecule has 6 heteroatoms. The van der Waals surface area contributed by atoms with E-state index in [1.807, 2.05) is 13.0 Å². The van der Waals surface area contributed by atoms with E-state index in [4.69, 9.17) is 0 Å². The second-order valence-electron chi connectivity index (χ2n) is 4.42. The lowest BCUT2D eigenvalue weighted by Gasteiger charge is -2.05. The number of carbonyl (C=O) groups is 1. The Morgan fingerprint density at radius 3 is 2.84 bits per heavy atom. The van der Waals surface area contributed by atoms with Gasteiger partial charge in [-0.1, -0.05) is 6.92 Å². The summed E-state index contributed by atoms with van der Waals surface area (Å²) in [6.45, 7) is 2.17. The van der Waals surface area contributed by atoms with Crippen LogP contribution >= 0.6 is 0 Å². The fourth-order valence-electron chi connectivity index (χ4n) is 2.06. The van der Waals surface area contributed by atoms with E-state index in [1.165, 1.54) is 0 Å². The van der Waals surface area contributed by atoms with Gasteiger partial charge in [0.2, 0.25) is 0 Å². The summed E-state index contributed by atoms with van der Waals surface area (Å²) in [6.07, 6.45) is 4.67. The second-order valence-corrected chi connectivity index (χ2v) is 6.73. The number of aryl methyl sites for hydroxylation is 1. The lowest BCUT2D eigenvalue weighted by atomic mass is 10.2.